The molecule has 2 rings (SSSR count). The number of benzene rings is 1. The van der Waals surface area contributed by atoms with Gasteiger partial charge in [-0.1, -0.05) is 0 Å². The van der Waals surface area contributed by atoms with Crippen LogP contribution < -0.4 is 4.90 Å². The first kappa shape index (κ1) is 8.74. The summed E-state index contributed by atoms with van der Waals surface area (Å²) in [5.41, 5.74) is 1.32. The van der Waals surface area contributed by atoms with Gasteiger partial charge in [0, 0.05) is 11.9 Å². The molecule has 4 nitrogen and oxygen atoms in total. The lowest BCUT2D eigenvalue weighted by atomic mass is 10.2. The Bertz CT molecular complexity index is 362. The summed E-state index contributed by atoms with van der Waals surface area (Å²) in [5.74, 6) is -0.894. The van der Waals surface area contributed by atoms with Crippen molar-refractivity contribution in [1.29, 1.82) is 0 Å². The molecule has 1 heterocycles. The zero-order valence-electron chi connectivity index (χ0n) is 7.55. The van der Waals surface area contributed by atoms with Gasteiger partial charge in [-0.2, -0.15) is 0 Å². The van der Waals surface area contributed by atoms with Crippen LogP contribution in [0.5, 0.6) is 0 Å². The van der Waals surface area contributed by atoms with Crippen LogP contribution in [0, 0.1) is 0 Å². The fraction of sp³-hybridized carbons (Fsp3) is 0.200. The van der Waals surface area contributed by atoms with Gasteiger partial charge in [-0.05, 0) is 24.3 Å². The third kappa shape index (κ3) is 1.59. The van der Waals surface area contributed by atoms with Crippen LogP contribution in [0.3, 0.4) is 0 Å². The second kappa shape index (κ2) is 3.49. The van der Waals surface area contributed by atoms with Gasteiger partial charge in [-0.3, -0.25) is 4.99 Å². The number of hydrogen-bond donors (Lipinski definition) is 1. The number of aromatic carboxylic acids is 1. The Morgan fingerprint density at radius 3 is 2.57 bits per heavy atom. The van der Waals surface area contributed by atoms with Gasteiger partial charge in [-0.15, -0.1) is 0 Å². The maximum Gasteiger partial charge on any atom is 0.335 e. The van der Waals surface area contributed by atoms with Crippen LogP contribution in [0.15, 0.2) is 29.3 Å². The van der Waals surface area contributed by atoms with Crippen molar-refractivity contribution in [2.24, 2.45) is 4.99 Å². The van der Waals surface area contributed by atoms with E-state index < -0.39 is 5.97 Å². The SMILES string of the molecule is O=C(O)c1ccc(N2CC=NC2)cc1. The van der Waals surface area contributed by atoms with Crippen molar-refractivity contribution in [1.82, 2.24) is 0 Å². The van der Waals surface area contributed by atoms with Crippen LogP contribution in [0.2, 0.25) is 0 Å². The zero-order chi connectivity index (χ0) is 9.97. The van der Waals surface area contributed by atoms with E-state index in [2.05, 4.69) is 9.89 Å². The highest BCUT2D eigenvalue weighted by atomic mass is 16.4. The molecule has 1 aromatic rings. The van der Waals surface area contributed by atoms with Gasteiger partial charge in [0.05, 0.1) is 12.1 Å². The van der Waals surface area contributed by atoms with Crippen molar-refractivity contribution < 1.29 is 9.90 Å². The first-order chi connectivity index (χ1) is 6.77. The Morgan fingerprint density at radius 1 is 1.36 bits per heavy atom. The van der Waals surface area contributed by atoms with Crippen LogP contribution in [-0.2, 0) is 0 Å². The van der Waals surface area contributed by atoms with Crippen molar-refractivity contribution in [3.63, 3.8) is 0 Å². The van der Waals surface area contributed by atoms with Crippen LogP contribution in [0.1, 0.15) is 10.4 Å². The molecule has 0 radical (unpaired) electrons. The molecule has 0 atom stereocenters. The minimum Gasteiger partial charge on any atom is -0.478 e. The summed E-state index contributed by atoms with van der Waals surface area (Å²) in [6.45, 7) is 1.46. The van der Waals surface area contributed by atoms with Gasteiger partial charge in [-0.25, -0.2) is 4.79 Å². The molecule has 0 saturated carbocycles. The normalized spacial score (nSPS) is 14.7. The third-order valence-electron chi connectivity index (χ3n) is 2.16. The van der Waals surface area contributed by atoms with Gasteiger partial charge in [0.2, 0.25) is 0 Å². The fourth-order valence-corrected chi connectivity index (χ4v) is 1.37. The second-order valence-corrected chi connectivity index (χ2v) is 3.08. The largest absolute Gasteiger partial charge is 0.478 e. The summed E-state index contributed by atoms with van der Waals surface area (Å²) in [7, 11) is 0. The van der Waals surface area contributed by atoms with Gasteiger partial charge in [0.25, 0.3) is 0 Å². The van der Waals surface area contributed by atoms with E-state index in [1.165, 1.54) is 0 Å². The molecular formula is C10H10N2O2. The molecule has 0 spiro atoms. The standard InChI is InChI=1S/C10H10N2O2/c13-10(14)8-1-3-9(4-2-8)12-6-5-11-7-12/h1-5H,6-7H2,(H,13,14). The molecule has 14 heavy (non-hydrogen) atoms. The average molecular weight is 190 g/mol. The van der Waals surface area contributed by atoms with Crippen LogP contribution in [0.4, 0.5) is 5.69 Å². The number of nitrogens with zero attached hydrogens (tertiary/aromatic N) is 2. The monoisotopic (exact) mass is 190 g/mol. The highest BCUT2D eigenvalue weighted by Gasteiger charge is 2.09. The van der Waals surface area contributed by atoms with E-state index in [0.717, 1.165) is 12.2 Å². The van der Waals surface area contributed by atoms with E-state index in [-0.39, 0.29) is 0 Å². The van der Waals surface area contributed by atoms with E-state index in [1.807, 2.05) is 6.21 Å². The molecule has 0 aliphatic carbocycles. The number of aliphatic imine (C=N–C) groups is 1. The summed E-state index contributed by atoms with van der Waals surface area (Å²) in [6, 6.07) is 6.82. The number of anilines is 1. The lowest BCUT2D eigenvalue weighted by Crippen LogP contribution is -2.19. The predicted octanol–water partition coefficient (Wildman–Crippen LogP) is 1.23. The summed E-state index contributed by atoms with van der Waals surface area (Å²) in [4.78, 5) is 16.7. The second-order valence-electron chi connectivity index (χ2n) is 3.08. The predicted molar refractivity (Wildman–Crippen MR) is 54.1 cm³/mol. The van der Waals surface area contributed by atoms with Gasteiger partial charge in [0.15, 0.2) is 0 Å². The molecule has 0 fully saturated rings. The molecule has 0 unspecified atom stereocenters. The summed E-state index contributed by atoms with van der Waals surface area (Å²) in [6.07, 6.45) is 1.85. The van der Waals surface area contributed by atoms with E-state index in [9.17, 15) is 4.79 Å². The van der Waals surface area contributed by atoms with E-state index >= 15 is 0 Å². The Labute approximate surface area is 81.5 Å². The number of rotatable bonds is 2. The molecule has 4 heteroatoms. The van der Waals surface area contributed by atoms with Crippen LogP contribution in [0.25, 0.3) is 0 Å². The molecule has 0 bridgehead atoms. The van der Waals surface area contributed by atoms with E-state index in [0.29, 0.717) is 12.2 Å². The molecule has 0 amide bonds. The summed E-state index contributed by atoms with van der Waals surface area (Å²) < 4.78 is 0. The Kier molecular flexibility index (Phi) is 2.18. The van der Waals surface area contributed by atoms with Crippen molar-refractivity contribution in [3.05, 3.63) is 29.8 Å². The van der Waals surface area contributed by atoms with E-state index in [1.54, 1.807) is 24.3 Å². The minimum atomic E-state index is -0.894. The molecule has 1 aliphatic rings. The topological polar surface area (TPSA) is 52.9 Å². The van der Waals surface area contributed by atoms with Gasteiger partial charge < -0.3 is 10.0 Å². The smallest absolute Gasteiger partial charge is 0.335 e. The van der Waals surface area contributed by atoms with Crippen molar-refractivity contribution in [3.8, 4) is 0 Å². The number of carbonyl (C=O) groups is 1. The first-order valence-corrected chi connectivity index (χ1v) is 4.34. The Balaban J connectivity index is 2.17. The maximum atomic E-state index is 10.6. The van der Waals surface area contributed by atoms with Gasteiger partial charge in [0.1, 0.15) is 6.67 Å². The molecule has 0 saturated heterocycles. The molecule has 1 N–H and O–H groups in total. The molecule has 72 valence electrons. The molecule has 1 aliphatic heterocycles. The zero-order valence-corrected chi connectivity index (χ0v) is 7.55. The first-order valence-electron chi connectivity index (χ1n) is 4.34. The lowest BCUT2D eigenvalue weighted by molar-refractivity contribution is 0.0697. The average Bonchev–Trinajstić information content (AvgIpc) is 2.71. The Hall–Kier alpha value is -1.84. The Morgan fingerprint density at radius 2 is 2.07 bits per heavy atom. The third-order valence-corrected chi connectivity index (χ3v) is 2.16. The summed E-state index contributed by atoms with van der Waals surface area (Å²) in [5, 5.41) is 8.70. The van der Waals surface area contributed by atoms with Crippen molar-refractivity contribution in [2.75, 3.05) is 18.1 Å². The molecular weight excluding hydrogens is 180 g/mol. The maximum absolute atomic E-state index is 10.6. The van der Waals surface area contributed by atoms with Crippen LogP contribution >= 0.6 is 0 Å². The molecule has 1 aromatic carbocycles. The number of carboxylic acids is 1. The van der Waals surface area contributed by atoms with Crippen molar-refractivity contribution in [2.45, 2.75) is 0 Å². The summed E-state index contributed by atoms with van der Waals surface area (Å²) >= 11 is 0. The van der Waals surface area contributed by atoms with Crippen molar-refractivity contribution >= 4 is 17.9 Å². The van der Waals surface area contributed by atoms with E-state index in [4.69, 9.17) is 5.11 Å². The fourth-order valence-electron chi connectivity index (χ4n) is 1.37. The highest BCUT2D eigenvalue weighted by molar-refractivity contribution is 5.88. The lowest BCUT2D eigenvalue weighted by Gasteiger charge is -2.15. The van der Waals surface area contributed by atoms with Gasteiger partial charge >= 0.3 is 5.97 Å². The number of carboxylic acid groups (broad SMARTS) is 1. The number of hydrogen-bond acceptors (Lipinski definition) is 3. The minimum absolute atomic E-state index is 0.314. The van der Waals surface area contributed by atoms with Crippen LogP contribution in [-0.4, -0.2) is 30.5 Å². The quantitative estimate of drug-likeness (QED) is 0.763. The molecule has 0 aromatic heterocycles. The highest BCUT2D eigenvalue weighted by Crippen LogP contribution is 2.16.